The lowest BCUT2D eigenvalue weighted by Crippen LogP contribution is -2.41. The summed E-state index contributed by atoms with van der Waals surface area (Å²) in [5.41, 5.74) is 0. The number of nitrogens with zero attached hydrogens (tertiary/aromatic N) is 1. The summed E-state index contributed by atoms with van der Waals surface area (Å²) in [5, 5.41) is 47.0. The molecule has 2 heterocycles. The van der Waals surface area contributed by atoms with Crippen LogP contribution >= 0.6 is 0 Å². The zero-order chi connectivity index (χ0) is 10.5. The van der Waals surface area contributed by atoms with Crippen LogP contribution in [0.2, 0.25) is 0 Å². The van der Waals surface area contributed by atoms with Crippen LogP contribution in [0.1, 0.15) is 0 Å². The standard InChI is InChI=1S/C8H15NO5/c10-2-3-6(12)8(14)5-7(13)4(11)1-9(3)5/h3-8,10-14H,1-2H2/t3?,4-,5+,6+,7+,8+/m0/s1. The first-order chi connectivity index (χ1) is 6.57. The average Bonchev–Trinajstić information content (AvgIpc) is 2.54. The van der Waals surface area contributed by atoms with Gasteiger partial charge in [0.2, 0.25) is 0 Å². The van der Waals surface area contributed by atoms with Gasteiger partial charge in [0, 0.05) is 6.54 Å². The molecule has 0 saturated carbocycles. The van der Waals surface area contributed by atoms with E-state index < -0.39 is 36.5 Å². The fourth-order valence-electron chi connectivity index (χ4n) is 2.46. The van der Waals surface area contributed by atoms with Crippen molar-refractivity contribution < 1.29 is 25.5 Å². The molecule has 6 heteroatoms. The number of aliphatic hydroxyl groups is 5. The van der Waals surface area contributed by atoms with Gasteiger partial charge >= 0.3 is 0 Å². The SMILES string of the molecule is OCC1[C@@H](O)[C@H](O)[C@H]2[C@H](O)[C@@H](O)CN12. The van der Waals surface area contributed by atoms with E-state index in [0.717, 1.165) is 0 Å². The van der Waals surface area contributed by atoms with Crippen molar-refractivity contribution in [2.75, 3.05) is 13.2 Å². The molecule has 0 aromatic carbocycles. The molecule has 0 amide bonds. The van der Waals surface area contributed by atoms with E-state index in [1.54, 1.807) is 4.90 Å². The van der Waals surface area contributed by atoms with Gasteiger partial charge in [-0.05, 0) is 0 Å². The van der Waals surface area contributed by atoms with Crippen LogP contribution in [0.5, 0.6) is 0 Å². The quantitative estimate of drug-likeness (QED) is 0.304. The Kier molecular flexibility index (Phi) is 2.50. The second kappa shape index (κ2) is 3.41. The topological polar surface area (TPSA) is 104 Å². The van der Waals surface area contributed by atoms with Crippen molar-refractivity contribution in [3.8, 4) is 0 Å². The van der Waals surface area contributed by atoms with Gasteiger partial charge in [-0.15, -0.1) is 0 Å². The van der Waals surface area contributed by atoms with Crippen molar-refractivity contribution in [2.24, 2.45) is 0 Å². The molecule has 1 unspecified atom stereocenters. The molecule has 6 nitrogen and oxygen atoms in total. The molecular weight excluding hydrogens is 190 g/mol. The molecule has 0 aliphatic carbocycles. The lowest BCUT2D eigenvalue weighted by Gasteiger charge is -2.22. The predicted octanol–water partition coefficient (Wildman–Crippen LogP) is -3.51. The Morgan fingerprint density at radius 1 is 1.00 bits per heavy atom. The van der Waals surface area contributed by atoms with E-state index in [0.29, 0.717) is 0 Å². The highest BCUT2D eigenvalue weighted by Gasteiger charge is 2.56. The van der Waals surface area contributed by atoms with Crippen LogP contribution in [-0.4, -0.2) is 80.1 Å². The largest absolute Gasteiger partial charge is 0.395 e. The van der Waals surface area contributed by atoms with Crippen LogP contribution in [0.15, 0.2) is 0 Å². The van der Waals surface area contributed by atoms with Crippen molar-refractivity contribution in [3.05, 3.63) is 0 Å². The second-order valence-electron chi connectivity index (χ2n) is 3.98. The number of hydrogen-bond donors (Lipinski definition) is 5. The third-order valence-corrected chi connectivity index (χ3v) is 3.23. The average molecular weight is 205 g/mol. The molecule has 0 spiro atoms. The van der Waals surface area contributed by atoms with E-state index in [-0.39, 0.29) is 13.2 Å². The van der Waals surface area contributed by atoms with Crippen LogP contribution in [0.25, 0.3) is 0 Å². The van der Waals surface area contributed by atoms with Crippen molar-refractivity contribution in [1.29, 1.82) is 0 Å². The summed E-state index contributed by atoms with van der Waals surface area (Å²) >= 11 is 0. The monoisotopic (exact) mass is 205 g/mol. The van der Waals surface area contributed by atoms with Crippen molar-refractivity contribution >= 4 is 0 Å². The first-order valence-electron chi connectivity index (χ1n) is 4.66. The van der Waals surface area contributed by atoms with E-state index in [2.05, 4.69) is 0 Å². The number of hydrogen-bond acceptors (Lipinski definition) is 6. The normalized spacial score (nSPS) is 53.8. The highest BCUT2D eigenvalue weighted by Crippen LogP contribution is 2.33. The molecule has 2 aliphatic heterocycles. The van der Waals surface area contributed by atoms with Gasteiger partial charge < -0.3 is 25.5 Å². The molecule has 14 heavy (non-hydrogen) atoms. The minimum absolute atomic E-state index is 0.172. The molecule has 0 aromatic heterocycles. The van der Waals surface area contributed by atoms with E-state index in [4.69, 9.17) is 5.11 Å². The minimum atomic E-state index is -1.11. The molecule has 0 bridgehead atoms. The summed E-state index contributed by atoms with van der Waals surface area (Å²) in [4.78, 5) is 1.56. The summed E-state index contributed by atoms with van der Waals surface area (Å²) in [5.74, 6) is 0. The Labute approximate surface area is 81.0 Å². The van der Waals surface area contributed by atoms with Crippen LogP contribution in [0.3, 0.4) is 0 Å². The lowest BCUT2D eigenvalue weighted by atomic mass is 10.0. The summed E-state index contributed by atoms with van der Waals surface area (Å²) < 4.78 is 0. The maximum Gasteiger partial charge on any atom is 0.0996 e. The molecule has 5 N–H and O–H groups in total. The van der Waals surface area contributed by atoms with Crippen LogP contribution in [-0.2, 0) is 0 Å². The third kappa shape index (κ3) is 1.19. The van der Waals surface area contributed by atoms with Gasteiger partial charge in [0.05, 0.1) is 43.1 Å². The second-order valence-corrected chi connectivity index (χ2v) is 3.98. The van der Waals surface area contributed by atoms with Gasteiger partial charge in [0.15, 0.2) is 0 Å². The Bertz CT molecular complexity index is 226. The molecule has 6 atom stereocenters. The lowest BCUT2D eigenvalue weighted by molar-refractivity contribution is -0.0268. The van der Waals surface area contributed by atoms with Gasteiger partial charge in [0.25, 0.3) is 0 Å². The number of aliphatic hydroxyl groups excluding tert-OH is 5. The van der Waals surface area contributed by atoms with Gasteiger partial charge in [-0.3, -0.25) is 4.90 Å². The molecule has 0 aromatic rings. The van der Waals surface area contributed by atoms with Gasteiger partial charge in [0.1, 0.15) is 0 Å². The Hall–Kier alpha value is -0.240. The van der Waals surface area contributed by atoms with Crippen molar-refractivity contribution in [3.63, 3.8) is 0 Å². The maximum absolute atomic E-state index is 9.58. The number of fused-ring (bicyclic) bond motifs is 1. The van der Waals surface area contributed by atoms with E-state index in [1.807, 2.05) is 0 Å². The number of rotatable bonds is 1. The highest BCUT2D eigenvalue weighted by atomic mass is 16.4. The molecule has 2 fully saturated rings. The Morgan fingerprint density at radius 2 is 1.64 bits per heavy atom. The van der Waals surface area contributed by atoms with Crippen LogP contribution < -0.4 is 0 Å². The first kappa shape index (κ1) is 10.3. The molecule has 82 valence electrons. The summed E-state index contributed by atoms with van der Waals surface area (Å²) in [7, 11) is 0. The van der Waals surface area contributed by atoms with Crippen molar-refractivity contribution in [2.45, 2.75) is 36.5 Å². The zero-order valence-electron chi connectivity index (χ0n) is 7.56. The smallest absolute Gasteiger partial charge is 0.0996 e. The minimum Gasteiger partial charge on any atom is -0.395 e. The van der Waals surface area contributed by atoms with Crippen LogP contribution in [0.4, 0.5) is 0 Å². The summed E-state index contributed by atoms with van der Waals surface area (Å²) in [6, 6.07) is -1.26. The van der Waals surface area contributed by atoms with E-state index in [1.165, 1.54) is 0 Å². The Balaban J connectivity index is 2.21. The first-order valence-corrected chi connectivity index (χ1v) is 4.66. The molecule has 2 saturated heterocycles. The van der Waals surface area contributed by atoms with Crippen LogP contribution in [0, 0.1) is 0 Å². The maximum atomic E-state index is 9.58. The molecular formula is C8H15NO5. The molecule has 0 radical (unpaired) electrons. The highest BCUT2D eigenvalue weighted by molar-refractivity contribution is 5.09. The summed E-state index contributed by atoms with van der Waals surface area (Å²) in [6.45, 7) is -0.126. The Morgan fingerprint density at radius 3 is 2.21 bits per heavy atom. The molecule has 2 aliphatic rings. The van der Waals surface area contributed by atoms with E-state index in [9.17, 15) is 20.4 Å². The zero-order valence-corrected chi connectivity index (χ0v) is 7.56. The fraction of sp³-hybridized carbons (Fsp3) is 1.00. The van der Waals surface area contributed by atoms with Gasteiger partial charge in [-0.2, -0.15) is 0 Å². The predicted molar refractivity (Wildman–Crippen MR) is 45.4 cm³/mol. The third-order valence-electron chi connectivity index (χ3n) is 3.23. The van der Waals surface area contributed by atoms with Gasteiger partial charge in [-0.1, -0.05) is 0 Å². The molecule has 2 rings (SSSR count). The van der Waals surface area contributed by atoms with Crippen molar-refractivity contribution in [1.82, 2.24) is 4.90 Å². The summed E-state index contributed by atoms with van der Waals surface area (Å²) in [6.07, 6.45) is -4.15. The van der Waals surface area contributed by atoms with E-state index >= 15 is 0 Å². The fourth-order valence-corrected chi connectivity index (χ4v) is 2.46. The van der Waals surface area contributed by atoms with Gasteiger partial charge in [-0.25, -0.2) is 0 Å².